The number of hydrogen-bond acceptors (Lipinski definition) is 3. The monoisotopic (exact) mass is 260 g/mol. The smallest absolute Gasteiger partial charge is 0.313 e. The van der Waals surface area contributed by atoms with E-state index >= 15 is 0 Å². The number of halogens is 3. The summed E-state index contributed by atoms with van der Waals surface area (Å²) >= 11 is 0. The Hall–Kier alpha value is -0.340. The maximum absolute atomic E-state index is 12.0. The Morgan fingerprint density at radius 1 is 1.44 bits per heavy atom. The second kappa shape index (κ2) is 4.89. The Morgan fingerprint density at radius 2 is 2.06 bits per heavy atom. The minimum absolute atomic E-state index is 0.222. The molecule has 4 nitrogen and oxygen atoms in total. The highest BCUT2D eigenvalue weighted by Gasteiger charge is 2.35. The van der Waals surface area contributed by atoms with Crippen LogP contribution in [0.1, 0.15) is 12.8 Å². The van der Waals surface area contributed by atoms with Crippen LogP contribution < -0.4 is 5.32 Å². The zero-order valence-corrected chi connectivity index (χ0v) is 9.74. The first kappa shape index (κ1) is 13.7. The molecule has 0 aliphatic carbocycles. The Labute approximate surface area is 92.9 Å². The predicted octanol–water partition coefficient (Wildman–Crippen LogP) is 0.562. The maximum Gasteiger partial charge on any atom is 0.402 e. The molecule has 0 spiro atoms. The second-order valence-corrected chi connectivity index (χ2v) is 6.06. The highest BCUT2D eigenvalue weighted by molar-refractivity contribution is 7.89. The van der Waals surface area contributed by atoms with Crippen molar-refractivity contribution in [3.05, 3.63) is 0 Å². The van der Waals surface area contributed by atoms with Gasteiger partial charge in [-0.3, -0.25) is 0 Å². The zero-order valence-electron chi connectivity index (χ0n) is 8.92. The molecular weight excluding hydrogens is 245 g/mol. The zero-order chi connectivity index (χ0) is 12.4. The molecule has 0 aromatic carbocycles. The number of hydrogen-bond donors (Lipinski definition) is 1. The summed E-state index contributed by atoms with van der Waals surface area (Å²) in [6.07, 6.45) is -2.94. The molecule has 1 atom stereocenters. The molecule has 1 saturated heterocycles. The van der Waals surface area contributed by atoms with Crippen LogP contribution in [0.25, 0.3) is 0 Å². The molecule has 1 aliphatic heterocycles. The summed E-state index contributed by atoms with van der Waals surface area (Å²) in [6.45, 7) is -0.703. The summed E-state index contributed by atoms with van der Waals surface area (Å²) in [6, 6.07) is -0.222. The van der Waals surface area contributed by atoms with E-state index in [1.165, 1.54) is 0 Å². The van der Waals surface area contributed by atoms with Crippen molar-refractivity contribution >= 4 is 10.0 Å². The van der Waals surface area contributed by atoms with Gasteiger partial charge in [0.05, 0.1) is 5.75 Å². The molecule has 0 aromatic rings. The van der Waals surface area contributed by atoms with Crippen molar-refractivity contribution in [3.63, 3.8) is 0 Å². The van der Waals surface area contributed by atoms with Crippen molar-refractivity contribution in [2.75, 3.05) is 25.9 Å². The third-order valence-electron chi connectivity index (χ3n) is 2.45. The molecule has 0 radical (unpaired) electrons. The number of nitrogens with zero attached hydrogens (tertiary/aromatic N) is 1. The van der Waals surface area contributed by atoms with E-state index < -0.39 is 22.7 Å². The molecule has 0 bridgehead atoms. The normalized spacial score (nSPS) is 22.9. The van der Waals surface area contributed by atoms with Crippen LogP contribution in [0.4, 0.5) is 13.2 Å². The predicted molar refractivity (Wildman–Crippen MR) is 53.5 cm³/mol. The van der Waals surface area contributed by atoms with Gasteiger partial charge in [0.2, 0.25) is 10.0 Å². The average molecular weight is 260 g/mol. The van der Waals surface area contributed by atoms with Gasteiger partial charge in [-0.05, 0) is 19.4 Å². The largest absolute Gasteiger partial charge is 0.402 e. The summed E-state index contributed by atoms with van der Waals surface area (Å²) in [4.78, 5) is 0. The number of alkyl halides is 3. The molecule has 1 aliphatic rings. The first-order chi connectivity index (χ1) is 7.21. The summed E-state index contributed by atoms with van der Waals surface area (Å²) in [5.74, 6) is -0.264. The lowest BCUT2D eigenvalue weighted by Crippen LogP contribution is -2.41. The van der Waals surface area contributed by atoms with E-state index in [0.717, 1.165) is 20.0 Å². The molecule has 8 heteroatoms. The topological polar surface area (TPSA) is 49.4 Å². The van der Waals surface area contributed by atoms with Crippen LogP contribution >= 0.6 is 0 Å². The Bertz CT molecular complexity index is 323. The van der Waals surface area contributed by atoms with Gasteiger partial charge >= 0.3 is 6.18 Å². The van der Waals surface area contributed by atoms with Gasteiger partial charge in [0, 0.05) is 13.1 Å². The first-order valence-electron chi connectivity index (χ1n) is 4.95. The van der Waals surface area contributed by atoms with Crippen LogP contribution in [-0.2, 0) is 10.0 Å². The Kier molecular flexibility index (Phi) is 4.19. The molecule has 1 heterocycles. The fourth-order valence-electron chi connectivity index (χ4n) is 1.63. The first-order valence-corrected chi connectivity index (χ1v) is 6.56. The Morgan fingerprint density at radius 3 is 2.50 bits per heavy atom. The lowest BCUT2D eigenvalue weighted by atomic mass is 10.3. The van der Waals surface area contributed by atoms with Crippen LogP contribution in [0.2, 0.25) is 0 Å². The van der Waals surface area contributed by atoms with E-state index in [-0.39, 0.29) is 11.8 Å². The number of rotatable bonds is 4. The van der Waals surface area contributed by atoms with E-state index in [2.05, 4.69) is 5.32 Å². The van der Waals surface area contributed by atoms with Crippen LogP contribution in [0, 0.1) is 0 Å². The van der Waals surface area contributed by atoms with Gasteiger partial charge in [0.25, 0.3) is 0 Å². The SMILES string of the molecule is CN(CC(F)(F)F)S(=O)(=O)CC1CCCN1. The van der Waals surface area contributed by atoms with Crippen molar-refractivity contribution < 1.29 is 21.6 Å². The molecule has 0 aromatic heterocycles. The lowest BCUT2D eigenvalue weighted by molar-refractivity contribution is -0.134. The van der Waals surface area contributed by atoms with Crippen molar-refractivity contribution in [2.45, 2.75) is 25.1 Å². The van der Waals surface area contributed by atoms with Crippen LogP contribution in [0.5, 0.6) is 0 Å². The molecule has 0 amide bonds. The van der Waals surface area contributed by atoms with Crippen LogP contribution in [0.3, 0.4) is 0 Å². The quantitative estimate of drug-likeness (QED) is 0.803. The fourth-order valence-corrected chi connectivity index (χ4v) is 3.02. The van der Waals surface area contributed by atoms with E-state index in [0.29, 0.717) is 10.7 Å². The van der Waals surface area contributed by atoms with Crippen LogP contribution in [0.15, 0.2) is 0 Å². The minimum Gasteiger partial charge on any atom is -0.313 e. The third-order valence-corrected chi connectivity index (χ3v) is 4.35. The maximum atomic E-state index is 12.0. The molecule has 96 valence electrons. The molecule has 1 unspecified atom stereocenters. The van der Waals surface area contributed by atoms with Crippen molar-refractivity contribution in [1.82, 2.24) is 9.62 Å². The molecular formula is C8H15F3N2O2S. The van der Waals surface area contributed by atoms with E-state index in [4.69, 9.17) is 0 Å². The van der Waals surface area contributed by atoms with Gasteiger partial charge < -0.3 is 5.32 Å². The molecule has 1 fully saturated rings. The highest BCUT2D eigenvalue weighted by atomic mass is 32.2. The van der Waals surface area contributed by atoms with Gasteiger partial charge in [-0.2, -0.15) is 17.5 Å². The highest BCUT2D eigenvalue weighted by Crippen LogP contribution is 2.18. The van der Waals surface area contributed by atoms with Gasteiger partial charge in [-0.1, -0.05) is 0 Å². The number of sulfonamides is 1. The van der Waals surface area contributed by atoms with Gasteiger partial charge in [0.15, 0.2) is 0 Å². The summed E-state index contributed by atoms with van der Waals surface area (Å²) in [5.41, 5.74) is 0. The summed E-state index contributed by atoms with van der Waals surface area (Å²) < 4.78 is 59.6. The number of nitrogens with one attached hydrogen (secondary N) is 1. The van der Waals surface area contributed by atoms with Crippen molar-refractivity contribution in [1.29, 1.82) is 0 Å². The molecule has 1 N–H and O–H groups in total. The molecule has 1 rings (SSSR count). The van der Waals surface area contributed by atoms with Crippen molar-refractivity contribution in [3.8, 4) is 0 Å². The minimum atomic E-state index is -4.50. The Balaban J connectivity index is 2.55. The third kappa shape index (κ3) is 4.26. The van der Waals surface area contributed by atoms with E-state index in [9.17, 15) is 21.6 Å². The summed E-state index contributed by atoms with van der Waals surface area (Å²) in [7, 11) is -2.87. The van der Waals surface area contributed by atoms with Gasteiger partial charge in [-0.25, -0.2) is 8.42 Å². The van der Waals surface area contributed by atoms with Crippen LogP contribution in [-0.4, -0.2) is 50.8 Å². The fraction of sp³-hybridized carbons (Fsp3) is 1.00. The standard InChI is InChI=1S/C8H15F3N2O2S/c1-13(6-8(9,10)11)16(14,15)5-7-3-2-4-12-7/h7,12H,2-6H2,1H3. The second-order valence-electron chi connectivity index (χ2n) is 3.94. The van der Waals surface area contributed by atoms with Crippen molar-refractivity contribution in [2.24, 2.45) is 0 Å². The van der Waals surface area contributed by atoms with E-state index in [1.54, 1.807) is 0 Å². The molecule has 0 saturated carbocycles. The summed E-state index contributed by atoms with van der Waals surface area (Å²) in [5, 5.41) is 2.94. The van der Waals surface area contributed by atoms with Gasteiger partial charge in [0.1, 0.15) is 6.54 Å². The van der Waals surface area contributed by atoms with E-state index in [1.807, 2.05) is 0 Å². The van der Waals surface area contributed by atoms with Gasteiger partial charge in [-0.15, -0.1) is 0 Å². The lowest BCUT2D eigenvalue weighted by Gasteiger charge is -2.20. The molecule has 16 heavy (non-hydrogen) atoms. The average Bonchev–Trinajstić information content (AvgIpc) is 2.52.